The molecule has 0 aliphatic carbocycles. The van der Waals surface area contributed by atoms with Crippen molar-refractivity contribution in [3.8, 4) is 0 Å². The van der Waals surface area contributed by atoms with E-state index in [1.807, 2.05) is 37.3 Å². The smallest absolute Gasteiger partial charge is 0.0652 e. The third kappa shape index (κ3) is 3.19. The van der Waals surface area contributed by atoms with Crippen molar-refractivity contribution in [1.82, 2.24) is 5.32 Å². The number of aliphatic hydroxyl groups is 1. The van der Waals surface area contributed by atoms with Crippen molar-refractivity contribution < 1.29 is 5.11 Å². The molecule has 18 heavy (non-hydrogen) atoms. The van der Waals surface area contributed by atoms with E-state index in [4.69, 9.17) is 0 Å². The Kier molecular flexibility index (Phi) is 4.53. The Labute approximate surface area is 112 Å². The summed E-state index contributed by atoms with van der Waals surface area (Å²) in [4.78, 5) is 0. The molecule has 1 aromatic carbocycles. The van der Waals surface area contributed by atoms with Gasteiger partial charge in [0.15, 0.2) is 0 Å². The molecule has 0 spiro atoms. The molecule has 1 aromatic heterocycles. The number of rotatable bonds is 6. The molecule has 2 nitrogen and oxygen atoms in total. The number of thiophene rings is 1. The zero-order valence-corrected chi connectivity index (χ0v) is 11.4. The fourth-order valence-electron chi connectivity index (χ4n) is 1.97. The van der Waals surface area contributed by atoms with Crippen LogP contribution in [0.1, 0.15) is 18.1 Å². The molecule has 0 radical (unpaired) electrons. The Balaban J connectivity index is 1.96. The van der Waals surface area contributed by atoms with Crippen LogP contribution in [0.5, 0.6) is 0 Å². The van der Waals surface area contributed by atoms with Gasteiger partial charge in [0.1, 0.15) is 0 Å². The van der Waals surface area contributed by atoms with Crippen LogP contribution in [0.3, 0.4) is 0 Å². The molecule has 3 heteroatoms. The fraction of sp³-hybridized carbons (Fsp3) is 0.333. The van der Waals surface area contributed by atoms with Crippen LogP contribution < -0.4 is 5.32 Å². The molecule has 96 valence electrons. The Morgan fingerprint density at radius 1 is 1.22 bits per heavy atom. The van der Waals surface area contributed by atoms with Gasteiger partial charge in [-0.05, 0) is 41.3 Å². The second-order valence-electron chi connectivity index (χ2n) is 4.66. The molecule has 0 bridgehead atoms. The first-order valence-electron chi connectivity index (χ1n) is 6.17. The van der Waals surface area contributed by atoms with Crippen LogP contribution in [0.4, 0.5) is 0 Å². The van der Waals surface area contributed by atoms with Gasteiger partial charge in [0.05, 0.1) is 12.1 Å². The summed E-state index contributed by atoms with van der Waals surface area (Å²) in [5.74, 6) is 0. The molecule has 1 heterocycles. The second-order valence-corrected chi connectivity index (χ2v) is 5.44. The highest BCUT2D eigenvalue weighted by Gasteiger charge is 2.24. The predicted molar refractivity (Wildman–Crippen MR) is 76.9 cm³/mol. The molecule has 0 amide bonds. The van der Waals surface area contributed by atoms with E-state index < -0.39 is 0 Å². The van der Waals surface area contributed by atoms with Crippen molar-refractivity contribution in [3.63, 3.8) is 0 Å². The minimum Gasteiger partial charge on any atom is -0.394 e. The number of benzene rings is 1. The first kappa shape index (κ1) is 13.3. The highest BCUT2D eigenvalue weighted by Crippen LogP contribution is 2.19. The van der Waals surface area contributed by atoms with Crippen molar-refractivity contribution in [2.45, 2.75) is 18.9 Å². The van der Waals surface area contributed by atoms with Gasteiger partial charge < -0.3 is 10.4 Å². The summed E-state index contributed by atoms with van der Waals surface area (Å²) in [5, 5.41) is 17.4. The van der Waals surface area contributed by atoms with Crippen molar-refractivity contribution >= 4 is 11.3 Å². The van der Waals surface area contributed by atoms with Gasteiger partial charge in [0.25, 0.3) is 0 Å². The largest absolute Gasteiger partial charge is 0.394 e. The van der Waals surface area contributed by atoms with E-state index in [9.17, 15) is 5.11 Å². The summed E-state index contributed by atoms with van der Waals surface area (Å²) in [6.07, 6.45) is 0.992. The molecule has 0 aliphatic heterocycles. The van der Waals surface area contributed by atoms with Crippen LogP contribution >= 0.6 is 11.3 Å². The number of aliphatic hydroxyl groups excluding tert-OH is 1. The Morgan fingerprint density at radius 2 is 2.00 bits per heavy atom. The fourth-order valence-corrected chi connectivity index (χ4v) is 2.68. The van der Waals surface area contributed by atoms with Crippen LogP contribution in [-0.2, 0) is 12.0 Å². The lowest BCUT2D eigenvalue weighted by atomic mass is 9.93. The van der Waals surface area contributed by atoms with E-state index in [0.29, 0.717) is 0 Å². The summed E-state index contributed by atoms with van der Waals surface area (Å²) in [6, 6.07) is 12.2. The molecular formula is C15H19NOS. The molecule has 1 atom stereocenters. The lowest BCUT2D eigenvalue weighted by Gasteiger charge is -2.29. The number of hydrogen-bond donors (Lipinski definition) is 2. The Hall–Kier alpha value is -1.16. The molecule has 2 rings (SSSR count). The van der Waals surface area contributed by atoms with Crippen LogP contribution in [0.15, 0.2) is 47.2 Å². The Bertz CT molecular complexity index is 455. The van der Waals surface area contributed by atoms with E-state index in [1.54, 1.807) is 11.3 Å². The third-order valence-electron chi connectivity index (χ3n) is 3.24. The van der Waals surface area contributed by atoms with Gasteiger partial charge in [-0.1, -0.05) is 30.3 Å². The number of hydrogen-bond acceptors (Lipinski definition) is 3. The topological polar surface area (TPSA) is 32.3 Å². The first-order chi connectivity index (χ1) is 8.74. The van der Waals surface area contributed by atoms with Crippen LogP contribution in [0, 0.1) is 0 Å². The summed E-state index contributed by atoms with van der Waals surface area (Å²) >= 11 is 1.72. The quantitative estimate of drug-likeness (QED) is 0.838. The minimum absolute atomic E-state index is 0.0979. The average Bonchev–Trinajstić information content (AvgIpc) is 2.93. The van der Waals surface area contributed by atoms with Gasteiger partial charge in [-0.15, -0.1) is 0 Å². The van der Waals surface area contributed by atoms with Gasteiger partial charge in [0, 0.05) is 6.54 Å². The van der Waals surface area contributed by atoms with Gasteiger partial charge in [-0.25, -0.2) is 0 Å². The van der Waals surface area contributed by atoms with Crippen molar-refractivity contribution in [2.75, 3.05) is 13.2 Å². The van der Waals surface area contributed by atoms with Crippen LogP contribution in [0.2, 0.25) is 0 Å². The number of nitrogens with one attached hydrogen (secondary N) is 1. The van der Waals surface area contributed by atoms with E-state index >= 15 is 0 Å². The molecule has 0 saturated carbocycles. The lowest BCUT2D eigenvalue weighted by molar-refractivity contribution is 0.176. The summed E-state index contributed by atoms with van der Waals surface area (Å²) in [6.45, 7) is 3.00. The van der Waals surface area contributed by atoms with Crippen molar-refractivity contribution in [2.24, 2.45) is 0 Å². The highest BCUT2D eigenvalue weighted by molar-refractivity contribution is 7.07. The summed E-state index contributed by atoms with van der Waals surface area (Å²) in [7, 11) is 0. The molecule has 0 saturated heterocycles. The molecular weight excluding hydrogens is 242 g/mol. The van der Waals surface area contributed by atoms with Gasteiger partial charge in [-0.2, -0.15) is 11.3 Å². The normalized spacial score (nSPS) is 14.3. The molecule has 2 aromatic rings. The molecule has 0 fully saturated rings. The van der Waals surface area contributed by atoms with E-state index in [1.165, 1.54) is 5.56 Å². The summed E-state index contributed by atoms with van der Waals surface area (Å²) in [5.41, 5.74) is 2.11. The third-order valence-corrected chi connectivity index (χ3v) is 3.97. The van der Waals surface area contributed by atoms with E-state index in [2.05, 4.69) is 22.1 Å². The van der Waals surface area contributed by atoms with Gasteiger partial charge >= 0.3 is 0 Å². The van der Waals surface area contributed by atoms with Crippen LogP contribution in [0.25, 0.3) is 0 Å². The standard InChI is InChI=1S/C15H19NOS/c1-15(12-17,14-5-3-2-4-6-14)16-9-7-13-8-10-18-11-13/h2-6,8,10-11,16-17H,7,9,12H2,1H3. The van der Waals surface area contributed by atoms with Crippen molar-refractivity contribution in [1.29, 1.82) is 0 Å². The molecule has 0 aliphatic rings. The van der Waals surface area contributed by atoms with Crippen molar-refractivity contribution in [3.05, 3.63) is 58.3 Å². The molecule has 2 N–H and O–H groups in total. The van der Waals surface area contributed by atoms with Gasteiger partial charge in [0.2, 0.25) is 0 Å². The first-order valence-corrected chi connectivity index (χ1v) is 7.11. The molecule has 1 unspecified atom stereocenters. The summed E-state index contributed by atoms with van der Waals surface area (Å²) < 4.78 is 0. The maximum atomic E-state index is 9.64. The SMILES string of the molecule is CC(CO)(NCCc1ccsc1)c1ccccc1. The second kappa shape index (κ2) is 6.14. The highest BCUT2D eigenvalue weighted by atomic mass is 32.1. The Morgan fingerprint density at radius 3 is 2.61 bits per heavy atom. The van der Waals surface area contributed by atoms with Crippen LogP contribution in [-0.4, -0.2) is 18.3 Å². The van der Waals surface area contributed by atoms with E-state index in [0.717, 1.165) is 18.5 Å². The van der Waals surface area contributed by atoms with E-state index in [-0.39, 0.29) is 12.1 Å². The maximum Gasteiger partial charge on any atom is 0.0652 e. The predicted octanol–water partition coefficient (Wildman–Crippen LogP) is 2.79. The average molecular weight is 261 g/mol. The lowest BCUT2D eigenvalue weighted by Crippen LogP contribution is -2.43. The zero-order valence-electron chi connectivity index (χ0n) is 10.6. The monoisotopic (exact) mass is 261 g/mol. The van der Waals surface area contributed by atoms with Gasteiger partial charge in [-0.3, -0.25) is 0 Å². The minimum atomic E-state index is -0.364. The zero-order chi connectivity index (χ0) is 12.8. The maximum absolute atomic E-state index is 9.64.